The predicted molar refractivity (Wildman–Crippen MR) is 76.7 cm³/mol. The van der Waals surface area contributed by atoms with Crippen LogP contribution in [0.1, 0.15) is 15.9 Å². The van der Waals surface area contributed by atoms with Crippen LogP contribution in [0.15, 0.2) is 42.5 Å². The Balaban J connectivity index is 2.22. The highest BCUT2D eigenvalue weighted by atomic mass is 19.1. The summed E-state index contributed by atoms with van der Waals surface area (Å²) in [7, 11) is 0. The van der Waals surface area contributed by atoms with Crippen LogP contribution in [0.4, 0.5) is 14.5 Å². The number of benzene rings is 2. The van der Waals surface area contributed by atoms with Crippen LogP contribution >= 0.6 is 0 Å². The highest BCUT2D eigenvalue weighted by Gasteiger charge is 2.10. The van der Waals surface area contributed by atoms with Gasteiger partial charge in [0.15, 0.2) is 0 Å². The van der Waals surface area contributed by atoms with Crippen LogP contribution in [0.2, 0.25) is 0 Å². The van der Waals surface area contributed by atoms with E-state index in [1.54, 1.807) is 24.3 Å². The number of halogens is 2. The van der Waals surface area contributed by atoms with Crippen LogP contribution in [-0.4, -0.2) is 12.5 Å². The number of nitrogens with two attached hydrogens (primary N) is 1. The van der Waals surface area contributed by atoms with Crippen molar-refractivity contribution in [2.24, 2.45) is 5.73 Å². The van der Waals surface area contributed by atoms with Gasteiger partial charge in [0.05, 0.1) is 12.2 Å². The number of anilines is 1. The number of rotatable bonds is 2. The topological polar surface area (TPSA) is 55.1 Å². The minimum Gasteiger partial charge on any atom is -0.320 e. The molecule has 0 heterocycles. The smallest absolute Gasteiger partial charge is 0.255 e. The Labute approximate surface area is 120 Å². The van der Waals surface area contributed by atoms with E-state index >= 15 is 0 Å². The summed E-state index contributed by atoms with van der Waals surface area (Å²) in [6.07, 6.45) is 0. The maximum atomic E-state index is 13.5. The van der Waals surface area contributed by atoms with E-state index in [-0.39, 0.29) is 12.2 Å². The van der Waals surface area contributed by atoms with Gasteiger partial charge in [-0.3, -0.25) is 4.79 Å². The molecule has 0 radical (unpaired) electrons. The van der Waals surface area contributed by atoms with Crippen LogP contribution in [-0.2, 0) is 0 Å². The normalized spacial score (nSPS) is 9.67. The molecule has 0 atom stereocenters. The molecule has 21 heavy (non-hydrogen) atoms. The molecular formula is C16H12F2N2O. The van der Waals surface area contributed by atoms with Crippen molar-refractivity contribution in [3.8, 4) is 11.8 Å². The molecule has 0 saturated carbocycles. The molecule has 0 spiro atoms. The third-order valence-electron chi connectivity index (χ3n) is 2.64. The molecule has 2 rings (SSSR count). The number of hydrogen-bond acceptors (Lipinski definition) is 2. The monoisotopic (exact) mass is 286 g/mol. The van der Waals surface area contributed by atoms with Gasteiger partial charge in [-0.2, -0.15) is 0 Å². The van der Waals surface area contributed by atoms with Gasteiger partial charge in [0.1, 0.15) is 11.6 Å². The summed E-state index contributed by atoms with van der Waals surface area (Å²) in [6.45, 7) is 0.213. The highest BCUT2D eigenvalue weighted by molar-refractivity contribution is 6.04. The summed E-state index contributed by atoms with van der Waals surface area (Å²) in [5, 5.41) is 2.32. The summed E-state index contributed by atoms with van der Waals surface area (Å²) in [6, 6.07) is 9.34. The summed E-state index contributed by atoms with van der Waals surface area (Å²) >= 11 is 0. The molecule has 0 aliphatic heterocycles. The van der Waals surface area contributed by atoms with E-state index in [4.69, 9.17) is 5.73 Å². The van der Waals surface area contributed by atoms with E-state index in [2.05, 4.69) is 17.2 Å². The Morgan fingerprint density at radius 3 is 2.76 bits per heavy atom. The Morgan fingerprint density at radius 2 is 2.00 bits per heavy atom. The van der Waals surface area contributed by atoms with Gasteiger partial charge in [-0.15, -0.1) is 0 Å². The summed E-state index contributed by atoms with van der Waals surface area (Å²) in [5.41, 5.74) is 5.98. The van der Waals surface area contributed by atoms with Gasteiger partial charge < -0.3 is 11.1 Å². The molecule has 5 heteroatoms. The molecule has 106 valence electrons. The summed E-state index contributed by atoms with van der Waals surface area (Å²) in [5.74, 6) is 3.59. The quantitative estimate of drug-likeness (QED) is 0.834. The van der Waals surface area contributed by atoms with Crippen molar-refractivity contribution in [1.29, 1.82) is 0 Å². The standard InChI is InChI=1S/C16H12F2N2O/c17-13-6-7-14(18)15(10-13)20-16(21)12-5-1-3-11(9-12)4-2-8-19/h1,3,5-7,9-10H,8,19H2,(H,20,21). The number of hydrogen-bond donors (Lipinski definition) is 2. The Kier molecular flexibility index (Phi) is 4.64. The van der Waals surface area contributed by atoms with Crippen molar-refractivity contribution in [3.05, 3.63) is 65.2 Å². The molecule has 0 aliphatic carbocycles. The minimum absolute atomic E-state index is 0.210. The molecule has 0 bridgehead atoms. The van der Waals surface area contributed by atoms with E-state index in [1.165, 1.54) is 0 Å². The molecule has 3 nitrogen and oxygen atoms in total. The first-order valence-electron chi connectivity index (χ1n) is 6.15. The van der Waals surface area contributed by atoms with Crippen LogP contribution in [0.5, 0.6) is 0 Å². The zero-order valence-electron chi connectivity index (χ0n) is 11.0. The second kappa shape index (κ2) is 6.64. The van der Waals surface area contributed by atoms with Gasteiger partial charge in [0, 0.05) is 17.2 Å². The van der Waals surface area contributed by atoms with Crippen molar-refractivity contribution in [2.75, 3.05) is 11.9 Å². The SMILES string of the molecule is NCC#Cc1cccc(C(=O)Nc2cc(F)ccc2F)c1. The number of carbonyl (C=O) groups is 1. The first kappa shape index (κ1) is 14.7. The molecule has 0 fully saturated rings. The molecule has 1 amide bonds. The number of amides is 1. The van der Waals surface area contributed by atoms with Gasteiger partial charge in [0.25, 0.3) is 5.91 Å². The first-order chi connectivity index (χ1) is 10.1. The van der Waals surface area contributed by atoms with Crippen molar-refractivity contribution in [2.45, 2.75) is 0 Å². The maximum Gasteiger partial charge on any atom is 0.255 e. The van der Waals surface area contributed by atoms with E-state index in [0.29, 0.717) is 11.1 Å². The van der Waals surface area contributed by atoms with Crippen LogP contribution in [0.3, 0.4) is 0 Å². The summed E-state index contributed by atoms with van der Waals surface area (Å²) < 4.78 is 26.5. The van der Waals surface area contributed by atoms with Crippen molar-refractivity contribution < 1.29 is 13.6 Å². The molecule has 0 aromatic heterocycles. The lowest BCUT2D eigenvalue weighted by Crippen LogP contribution is -2.13. The molecule has 0 unspecified atom stereocenters. The molecule has 3 N–H and O–H groups in total. The Hall–Kier alpha value is -2.71. The van der Waals surface area contributed by atoms with Crippen molar-refractivity contribution in [3.63, 3.8) is 0 Å². The van der Waals surface area contributed by atoms with Gasteiger partial charge >= 0.3 is 0 Å². The van der Waals surface area contributed by atoms with Crippen molar-refractivity contribution in [1.82, 2.24) is 0 Å². The lowest BCUT2D eigenvalue weighted by molar-refractivity contribution is 0.102. The lowest BCUT2D eigenvalue weighted by Gasteiger charge is -2.07. The van der Waals surface area contributed by atoms with Gasteiger partial charge in [0.2, 0.25) is 0 Å². The largest absolute Gasteiger partial charge is 0.320 e. The fourth-order valence-electron chi connectivity index (χ4n) is 1.68. The zero-order chi connectivity index (χ0) is 15.2. The van der Waals surface area contributed by atoms with Crippen molar-refractivity contribution >= 4 is 11.6 Å². The molecule has 0 aliphatic rings. The second-order valence-corrected chi connectivity index (χ2v) is 4.16. The Bertz CT molecular complexity index is 733. The summed E-state index contributed by atoms with van der Waals surface area (Å²) in [4.78, 5) is 12.0. The minimum atomic E-state index is -0.705. The molecular weight excluding hydrogens is 274 g/mol. The highest BCUT2D eigenvalue weighted by Crippen LogP contribution is 2.16. The van der Waals surface area contributed by atoms with Crippen LogP contribution < -0.4 is 11.1 Å². The third-order valence-corrected chi connectivity index (χ3v) is 2.64. The van der Waals surface area contributed by atoms with Gasteiger partial charge in [-0.1, -0.05) is 17.9 Å². The van der Waals surface area contributed by atoms with E-state index in [1.807, 2.05) is 0 Å². The van der Waals surface area contributed by atoms with Gasteiger partial charge in [-0.05, 0) is 30.3 Å². The fourth-order valence-corrected chi connectivity index (χ4v) is 1.68. The number of nitrogens with one attached hydrogen (secondary N) is 1. The fraction of sp³-hybridized carbons (Fsp3) is 0.0625. The maximum absolute atomic E-state index is 13.5. The van der Waals surface area contributed by atoms with Gasteiger partial charge in [-0.25, -0.2) is 8.78 Å². The first-order valence-corrected chi connectivity index (χ1v) is 6.15. The second-order valence-electron chi connectivity index (χ2n) is 4.16. The molecule has 0 saturated heterocycles. The van der Waals surface area contributed by atoms with E-state index < -0.39 is 17.5 Å². The predicted octanol–water partition coefficient (Wildman–Crippen LogP) is 2.53. The average molecular weight is 286 g/mol. The van der Waals surface area contributed by atoms with E-state index in [0.717, 1.165) is 18.2 Å². The molecule has 2 aromatic carbocycles. The van der Waals surface area contributed by atoms with Crippen LogP contribution in [0, 0.1) is 23.5 Å². The van der Waals surface area contributed by atoms with E-state index in [9.17, 15) is 13.6 Å². The Morgan fingerprint density at radius 1 is 1.19 bits per heavy atom. The average Bonchev–Trinajstić information content (AvgIpc) is 2.49. The van der Waals surface area contributed by atoms with Crippen LogP contribution in [0.25, 0.3) is 0 Å². The molecule has 2 aromatic rings. The number of carbonyl (C=O) groups excluding carboxylic acids is 1. The lowest BCUT2D eigenvalue weighted by atomic mass is 10.1. The third kappa shape index (κ3) is 3.88. The zero-order valence-corrected chi connectivity index (χ0v) is 11.0.